The van der Waals surface area contributed by atoms with Crippen molar-refractivity contribution in [3.05, 3.63) is 35.2 Å². The van der Waals surface area contributed by atoms with E-state index in [1.807, 2.05) is 26.0 Å². The summed E-state index contributed by atoms with van der Waals surface area (Å²) in [6, 6.07) is 6.11. The molecular weight excluding hydrogens is 360 g/mol. The third kappa shape index (κ3) is 5.11. The normalized spacial score (nSPS) is 16.0. The number of benzene rings is 1. The third-order valence-electron chi connectivity index (χ3n) is 4.83. The van der Waals surface area contributed by atoms with E-state index in [0.29, 0.717) is 23.6 Å². The van der Waals surface area contributed by atoms with Gasteiger partial charge in [0.25, 0.3) is 5.22 Å². The highest BCUT2D eigenvalue weighted by Gasteiger charge is 2.21. The number of rotatable bonds is 7. The number of nitrogens with one attached hydrogen (secondary N) is 1. The molecule has 1 aliphatic heterocycles. The Kier molecular flexibility index (Phi) is 6.55. The molecule has 1 saturated heterocycles. The van der Waals surface area contributed by atoms with Gasteiger partial charge in [-0.1, -0.05) is 43.8 Å². The van der Waals surface area contributed by atoms with E-state index in [-0.39, 0.29) is 11.2 Å². The number of carbonyl (C=O) groups excluding carboxylic acids is 1. The Morgan fingerprint density at radius 2 is 2.00 bits per heavy atom. The molecule has 1 aromatic carbocycles. The molecular formula is C20H28N4O2S. The number of thioether (sulfide) groups is 1. The zero-order valence-electron chi connectivity index (χ0n) is 16.5. The van der Waals surface area contributed by atoms with Crippen molar-refractivity contribution in [1.82, 2.24) is 15.1 Å². The molecule has 0 spiro atoms. The van der Waals surface area contributed by atoms with Crippen LogP contribution in [0.1, 0.15) is 56.5 Å². The van der Waals surface area contributed by atoms with Gasteiger partial charge in [0.05, 0.1) is 11.8 Å². The van der Waals surface area contributed by atoms with Gasteiger partial charge in [-0.2, -0.15) is 0 Å². The number of aromatic nitrogens is 2. The smallest absolute Gasteiger partial charge is 0.277 e. The summed E-state index contributed by atoms with van der Waals surface area (Å²) in [5.41, 5.74) is 3.12. The lowest BCUT2D eigenvalue weighted by molar-refractivity contribution is -0.115. The van der Waals surface area contributed by atoms with E-state index in [2.05, 4.69) is 40.3 Å². The summed E-state index contributed by atoms with van der Waals surface area (Å²) in [5.74, 6) is 0.899. The van der Waals surface area contributed by atoms with Crippen LogP contribution in [-0.2, 0) is 11.3 Å². The minimum Gasteiger partial charge on any atom is -0.415 e. The van der Waals surface area contributed by atoms with Crippen LogP contribution >= 0.6 is 11.8 Å². The molecule has 3 rings (SSSR count). The standard InChI is InChI=1S/C20H28N4O2S/c1-13(2)16-9-7-8-14(3)18(16)21-19(25)15(4)27-20-23-22-17(26-20)12-24-10-5-6-11-24/h7-9,13,15H,5-6,10-12H2,1-4H3,(H,21,25). The molecule has 6 nitrogen and oxygen atoms in total. The molecule has 1 fully saturated rings. The van der Waals surface area contributed by atoms with Gasteiger partial charge in [0.1, 0.15) is 0 Å². The summed E-state index contributed by atoms with van der Waals surface area (Å²) in [6.45, 7) is 11.0. The molecule has 1 amide bonds. The van der Waals surface area contributed by atoms with Gasteiger partial charge in [0, 0.05) is 5.69 Å². The SMILES string of the molecule is Cc1cccc(C(C)C)c1NC(=O)C(C)Sc1nnc(CN2CCCC2)o1. The van der Waals surface area contributed by atoms with Crippen molar-refractivity contribution in [3.63, 3.8) is 0 Å². The highest BCUT2D eigenvalue weighted by molar-refractivity contribution is 8.00. The number of carbonyl (C=O) groups is 1. The van der Waals surface area contributed by atoms with Crippen molar-refractivity contribution in [2.24, 2.45) is 0 Å². The van der Waals surface area contributed by atoms with Crippen LogP contribution in [0.3, 0.4) is 0 Å². The molecule has 0 radical (unpaired) electrons. The van der Waals surface area contributed by atoms with Crippen LogP contribution in [0.2, 0.25) is 0 Å². The topological polar surface area (TPSA) is 71.3 Å². The van der Waals surface area contributed by atoms with Gasteiger partial charge in [0.15, 0.2) is 0 Å². The van der Waals surface area contributed by atoms with Crippen LogP contribution in [-0.4, -0.2) is 39.3 Å². The lowest BCUT2D eigenvalue weighted by Gasteiger charge is -2.18. The number of amides is 1. The quantitative estimate of drug-likeness (QED) is 0.716. The van der Waals surface area contributed by atoms with E-state index in [9.17, 15) is 4.79 Å². The Morgan fingerprint density at radius 1 is 1.26 bits per heavy atom. The molecule has 0 bridgehead atoms. The highest BCUT2D eigenvalue weighted by atomic mass is 32.2. The van der Waals surface area contributed by atoms with Crippen molar-refractivity contribution in [3.8, 4) is 0 Å². The molecule has 1 aromatic heterocycles. The monoisotopic (exact) mass is 388 g/mol. The van der Waals surface area contributed by atoms with E-state index in [0.717, 1.165) is 29.9 Å². The van der Waals surface area contributed by atoms with Gasteiger partial charge >= 0.3 is 0 Å². The lowest BCUT2D eigenvalue weighted by Crippen LogP contribution is -2.23. The van der Waals surface area contributed by atoms with Gasteiger partial charge in [-0.3, -0.25) is 9.69 Å². The number of anilines is 1. The van der Waals surface area contributed by atoms with Gasteiger partial charge in [-0.05, 0) is 56.8 Å². The van der Waals surface area contributed by atoms with Gasteiger partial charge < -0.3 is 9.73 Å². The summed E-state index contributed by atoms with van der Waals surface area (Å²) in [4.78, 5) is 15.0. The first-order chi connectivity index (χ1) is 12.9. The van der Waals surface area contributed by atoms with Crippen molar-refractivity contribution < 1.29 is 9.21 Å². The van der Waals surface area contributed by atoms with Crippen molar-refractivity contribution in [2.45, 2.75) is 63.5 Å². The Balaban J connectivity index is 1.61. The minimum absolute atomic E-state index is 0.0597. The molecule has 2 aromatic rings. The Hall–Kier alpha value is -1.86. The summed E-state index contributed by atoms with van der Waals surface area (Å²) < 4.78 is 5.72. The molecule has 0 saturated carbocycles. The fraction of sp³-hybridized carbons (Fsp3) is 0.550. The van der Waals surface area contributed by atoms with E-state index < -0.39 is 0 Å². The molecule has 7 heteroatoms. The predicted octanol–water partition coefficient (Wildman–Crippen LogP) is 4.22. The molecule has 2 heterocycles. The fourth-order valence-corrected chi connectivity index (χ4v) is 3.95. The van der Waals surface area contributed by atoms with E-state index >= 15 is 0 Å². The second kappa shape index (κ2) is 8.89. The molecule has 0 aliphatic carbocycles. The summed E-state index contributed by atoms with van der Waals surface area (Å²) in [6.07, 6.45) is 2.45. The summed E-state index contributed by atoms with van der Waals surface area (Å²) in [5, 5.41) is 11.4. The van der Waals surface area contributed by atoms with Crippen LogP contribution in [0.4, 0.5) is 5.69 Å². The number of likely N-dealkylation sites (tertiary alicyclic amines) is 1. The molecule has 27 heavy (non-hydrogen) atoms. The maximum atomic E-state index is 12.7. The maximum absolute atomic E-state index is 12.7. The first-order valence-corrected chi connectivity index (χ1v) is 10.4. The Labute approximate surface area is 165 Å². The maximum Gasteiger partial charge on any atom is 0.277 e. The zero-order valence-corrected chi connectivity index (χ0v) is 17.3. The number of hydrogen-bond acceptors (Lipinski definition) is 6. The van der Waals surface area contributed by atoms with Gasteiger partial charge in [-0.15, -0.1) is 10.2 Å². The lowest BCUT2D eigenvalue weighted by atomic mass is 9.98. The second-order valence-electron chi connectivity index (χ2n) is 7.39. The van der Waals surface area contributed by atoms with Crippen LogP contribution in [0.25, 0.3) is 0 Å². The van der Waals surface area contributed by atoms with Crippen molar-refractivity contribution >= 4 is 23.4 Å². The Morgan fingerprint density at radius 3 is 2.70 bits per heavy atom. The van der Waals surface area contributed by atoms with Crippen LogP contribution < -0.4 is 5.32 Å². The van der Waals surface area contributed by atoms with Crippen molar-refractivity contribution in [2.75, 3.05) is 18.4 Å². The average Bonchev–Trinajstić information content (AvgIpc) is 3.29. The van der Waals surface area contributed by atoms with E-state index in [1.165, 1.54) is 24.6 Å². The van der Waals surface area contributed by atoms with Crippen LogP contribution in [0.5, 0.6) is 0 Å². The predicted molar refractivity (Wildman–Crippen MR) is 108 cm³/mol. The number of aryl methyl sites for hydroxylation is 1. The third-order valence-corrected chi connectivity index (χ3v) is 5.76. The number of nitrogens with zero attached hydrogens (tertiary/aromatic N) is 3. The molecule has 1 aliphatic rings. The van der Waals surface area contributed by atoms with E-state index in [4.69, 9.17) is 4.42 Å². The first-order valence-electron chi connectivity index (χ1n) is 9.56. The van der Waals surface area contributed by atoms with Crippen LogP contribution in [0, 0.1) is 6.92 Å². The number of para-hydroxylation sites is 1. The highest BCUT2D eigenvalue weighted by Crippen LogP contribution is 2.29. The van der Waals surface area contributed by atoms with Gasteiger partial charge in [0.2, 0.25) is 11.8 Å². The largest absolute Gasteiger partial charge is 0.415 e. The second-order valence-corrected chi connectivity index (χ2v) is 8.68. The average molecular weight is 389 g/mol. The molecule has 1 unspecified atom stereocenters. The van der Waals surface area contributed by atoms with Crippen LogP contribution in [0.15, 0.2) is 27.8 Å². The fourth-order valence-electron chi connectivity index (χ4n) is 3.25. The minimum atomic E-state index is -0.329. The first kappa shape index (κ1) is 19.9. The molecule has 146 valence electrons. The van der Waals surface area contributed by atoms with E-state index in [1.54, 1.807) is 0 Å². The summed E-state index contributed by atoms with van der Waals surface area (Å²) >= 11 is 1.30. The number of hydrogen-bond donors (Lipinski definition) is 1. The van der Waals surface area contributed by atoms with Crippen molar-refractivity contribution in [1.29, 1.82) is 0 Å². The molecule has 1 N–H and O–H groups in total. The van der Waals surface area contributed by atoms with Gasteiger partial charge in [-0.25, -0.2) is 0 Å². The molecule has 1 atom stereocenters. The zero-order chi connectivity index (χ0) is 19.4. The Bertz CT molecular complexity index is 784. The summed E-state index contributed by atoms with van der Waals surface area (Å²) in [7, 11) is 0.